The molecule has 0 fully saturated rings. The lowest BCUT2D eigenvalue weighted by Gasteiger charge is -2.23. The van der Waals surface area contributed by atoms with Gasteiger partial charge >= 0.3 is 0 Å². The summed E-state index contributed by atoms with van der Waals surface area (Å²) < 4.78 is 11.0. The number of rotatable bonds is 5. The smallest absolute Gasteiger partial charge is 0.265 e. The maximum atomic E-state index is 12.0. The van der Waals surface area contributed by atoms with Crippen molar-refractivity contribution < 1.29 is 19.1 Å². The van der Waals surface area contributed by atoms with Gasteiger partial charge in [0.1, 0.15) is 11.5 Å². The van der Waals surface area contributed by atoms with Crippen LogP contribution in [0.2, 0.25) is 0 Å². The SMILES string of the molecule is CCc1ccc(OCC(=O)Nc2ccc3c(c2)NC(=O)[C@H](C)O3)cc1. The number of aryl methyl sites for hydroxylation is 1. The third kappa shape index (κ3) is 4.09. The predicted molar refractivity (Wildman–Crippen MR) is 95.1 cm³/mol. The van der Waals surface area contributed by atoms with Gasteiger partial charge in [0.15, 0.2) is 12.7 Å². The van der Waals surface area contributed by atoms with Gasteiger partial charge in [-0.3, -0.25) is 9.59 Å². The summed E-state index contributed by atoms with van der Waals surface area (Å²) >= 11 is 0. The summed E-state index contributed by atoms with van der Waals surface area (Å²) in [5, 5.41) is 5.49. The summed E-state index contributed by atoms with van der Waals surface area (Å²) in [6.07, 6.45) is 0.429. The molecule has 0 radical (unpaired) electrons. The number of hydrogen-bond donors (Lipinski definition) is 2. The summed E-state index contributed by atoms with van der Waals surface area (Å²) in [5.74, 6) is 0.732. The molecule has 1 atom stereocenters. The first-order valence-electron chi connectivity index (χ1n) is 8.18. The topological polar surface area (TPSA) is 76.7 Å². The molecule has 2 aromatic carbocycles. The average Bonchev–Trinajstić information content (AvgIpc) is 2.61. The highest BCUT2D eigenvalue weighted by molar-refractivity contribution is 5.99. The van der Waals surface area contributed by atoms with Crippen LogP contribution >= 0.6 is 0 Å². The molecule has 6 nitrogen and oxygen atoms in total. The Morgan fingerprint density at radius 3 is 2.72 bits per heavy atom. The number of benzene rings is 2. The molecule has 0 aromatic heterocycles. The molecule has 2 aromatic rings. The van der Waals surface area contributed by atoms with Crippen LogP contribution in [-0.2, 0) is 16.0 Å². The van der Waals surface area contributed by atoms with Crippen molar-refractivity contribution in [2.24, 2.45) is 0 Å². The number of carbonyl (C=O) groups is 2. The van der Waals surface area contributed by atoms with Gasteiger partial charge in [0.25, 0.3) is 11.8 Å². The van der Waals surface area contributed by atoms with Gasteiger partial charge in [-0.05, 0) is 49.2 Å². The monoisotopic (exact) mass is 340 g/mol. The van der Waals surface area contributed by atoms with Gasteiger partial charge in [0.05, 0.1) is 5.69 Å². The number of fused-ring (bicyclic) bond motifs is 1. The van der Waals surface area contributed by atoms with E-state index in [4.69, 9.17) is 9.47 Å². The Bertz CT molecular complexity index is 787. The molecule has 1 aliphatic heterocycles. The molecular weight excluding hydrogens is 320 g/mol. The van der Waals surface area contributed by atoms with Crippen molar-refractivity contribution in [3.05, 3.63) is 48.0 Å². The number of ether oxygens (including phenoxy) is 2. The van der Waals surface area contributed by atoms with E-state index in [0.717, 1.165) is 6.42 Å². The van der Waals surface area contributed by atoms with E-state index in [1.54, 1.807) is 25.1 Å². The van der Waals surface area contributed by atoms with Gasteiger partial charge < -0.3 is 20.1 Å². The van der Waals surface area contributed by atoms with Crippen molar-refractivity contribution in [1.29, 1.82) is 0 Å². The van der Waals surface area contributed by atoms with Crippen molar-refractivity contribution in [3.63, 3.8) is 0 Å². The lowest BCUT2D eigenvalue weighted by molar-refractivity contribution is -0.122. The van der Waals surface area contributed by atoms with Crippen LogP contribution < -0.4 is 20.1 Å². The van der Waals surface area contributed by atoms with Gasteiger partial charge in [-0.2, -0.15) is 0 Å². The van der Waals surface area contributed by atoms with Crippen LogP contribution in [0.5, 0.6) is 11.5 Å². The first-order valence-corrected chi connectivity index (χ1v) is 8.18. The Kier molecular flexibility index (Phi) is 4.88. The van der Waals surface area contributed by atoms with E-state index in [9.17, 15) is 9.59 Å². The van der Waals surface area contributed by atoms with Gasteiger partial charge in [0, 0.05) is 5.69 Å². The molecule has 0 saturated heterocycles. The van der Waals surface area contributed by atoms with Crippen LogP contribution in [0.3, 0.4) is 0 Å². The molecule has 0 spiro atoms. The second-order valence-electron chi connectivity index (χ2n) is 5.79. The van der Waals surface area contributed by atoms with Crippen molar-refractivity contribution in [1.82, 2.24) is 0 Å². The second kappa shape index (κ2) is 7.25. The average molecular weight is 340 g/mol. The Morgan fingerprint density at radius 2 is 2.00 bits per heavy atom. The highest BCUT2D eigenvalue weighted by Gasteiger charge is 2.23. The minimum absolute atomic E-state index is 0.0948. The minimum atomic E-state index is -0.527. The van der Waals surface area contributed by atoms with E-state index in [0.29, 0.717) is 22.9 Å². The number of carbonyl (C=O) groups excluding carboxylic acids is 2. The van der Waals surface area contributed by atoms with E-state index in [2.05, 4.69) is 17.6 Å². The van der Waals surface area contributed by atoms with Crippen molar-refractivity contribution >= 4 is 23.2 Å². The van der Waals surface area contributed by atoms with Crippen LogP contribution in [0.25, 0.3) is 0 Å². The zero-order valence-corrected chi connectivity index (χ0v) is 14.2. The van der Waals surface area contributed by atoms with Crippen molar-refractivity contribution in [3.8, 4) is 11.5 Å². The maximum absolute atomic E-state index is 12.0. The molecule has 130 valence electrons. The number of anilines is 2. The van der Waals surface area contributed by atoms with Crippen molar-refractivity contribution in [2.45, 2.75) is 26.4 Å². The van der Waals surface area contributed by atoms with Gasteiger partial charge in [-0.25, -0.2) is 0 Å². The molecule has 0 aliphatic carbocycles. The normalized spacial score (nSPS) is 15.6. The molecule has 1 aliphatic rings. The van der Waals surface area contributed by atoms with E-state index in [1.165, 1.54) is 5.56 Å². The summed E-state index contributed by atoms with van der Waals surface area (Å²) in [6.45, 7) is 3.66. The second-order valence-corrected chi connectivity index (χ2v) is 5.79. The lowest BCUT2D eigenvalue weighted by atomic mass is 10.2. The van der Waals surface area contributed by atoms with Gasteiger partial charge in [0.2, 0.25) is 0 Å². The van der Waals surface area contributed by atoms with E-state index in [1.807, 2.05) is 24.3 Å². The fraction of sp³-hybridized carbons (Fsp3) is 0.263. The van der Waals surface area contributed by atoms with Crippen LogP contribution in [-0.4, -0.2) is 24.5 Å². The summed E-state index contributed by atoms with van der Waals surface area (Å²) in [4.78, 5) is 23.7. The van der Waals surface area contributed by atoms with Crippen molar-refractivity contribution in [2.75, 3.05) is 17.2 Å². The first-order chi connectivity index (χ1) is 12.0. The minimum Gasteiger partial charge on any atom is -0.484 e. The Morgan fingerprint density at radius 1 is 1.24 bits per heavy atom. The molecule has 2 amide bonds. The molecule has 1 heterocycles. The van der Waals surface area contributed by atoms with Crippen LogP contribution in [0.1, 0.15) is 19.4 Å². The van der Waals surface area contributed by atoms with Crippen LogP contribution in [0.15, 0.2) is 42.5 Å². The molecule has 0 unspecified atom stereocenters. The Hall–Kier alpha value is -3.02. The van der Waals surface area contributed by atoms with E-state index < -0.39 is 6.10 Å². The Labute approximate surface area is 146 Å². The molecule has 2 N–H and O–H groups in total. The lowest BCUT2D eigenvalue weighted by Crippen LogP contribution is -2.34. The van der Waals surface area contributed by atoms with E-state index >= 15 is 0 Å². The molecule has 0 bridgehead atoms. The predicted octanol–water partition coefficient (Wildman–Crippen LogP) is 2.99. The quantitative estimate of drug-likeness (QED) is 0.877. The summed E-state index contributed by atoms with van der Waals surface area (Å²) in [6, 6.07) is 12.7. The van der Waals surface area contributed by atoms with Gasteiger partial charge in [-0.1, -0.05) is 19.1 Å². The molecule has 0 saturated carbocycles. The summed E-state index contributed by atoms with van der Waals surface area (Å²) in [7, 11) is 0. The highest BCUT2D eigenvalue weighted by Crippen LogP contribution is 2.32. The van der Waals surface area contributed by atoms with Gasteiger partial charge in [-0.15, -0.1) is 0 Å². The molecule has 6 heteroatoms. The first kappa shape index (κ1) is 16.8. The Balaban J connectivity index is 1.57. The van der Waals surface area contributed by atoms with E-state index in [-0.39, 0.29) is 18.4 Å². The number of nitrogens with one attached hydrogen (secondary N) is 2. The zero-order chi connectivity index (χ0) is 17.8. The third-order valence-electron chi connectivity index (χ3n) is 3.90. The molecule has 25 heavy (non-hydrogen) atoms. The number of hydrogen-bond acceptors (Lipinski definition) is 4. The van der Waals surface area contributed by atoms with Crippen LogP contribution in [0.4, 0.5) is 11.4 Å². The maximum Gasteiger partial charge on any atom is 0.265 e. The largest absolute Gasteiger partial charge is 0.484 e. The fourth-order valence-corrected chi connectivity index (χ4v) is 2.45. The van der Waals surface area contributed by atoms with Crippen LogP contribution in [0, 0.1) is 0 Å². The standard InChI is InChI=1S/C19H20N2O4/c1-3-13-4-7-15(8-5-13)24-11-18(22)20-14-6-9-17-16(10-14)21-19(23)12(2)25-17/h4-10,12H,3,11H2,1-2H3,(H,20,22)(H,21,23)/t12-/m0/s1. The fourth-order valence-electron chi connectivity index (χ4n) is 2.45. The zero-order valence-electron chi connectivity index (χ0n) is 14.2. The molecular formula is C19H20N2O4. The molecule has 3 rings (SSSR count). The summed E-state index contributed by atoms with van der Waals surface area (Å²) in [5.41, 5.74) is 2.31. The highest BCUT2D eigenvalue weighted by atomic mass is 16.5. The number of amides is 2. The third-order valence-corrected chi connectivity index (χ3v) is 3.90.